The van der Waals surface area contributed by atoms with Gasteiger partial charge in [0.05, 0.1) is 4.34 Å². The zero-order valence-corrected chi connectivity index (χ0v) is 11.0. The molecule has 0 aliphatic rings. The fourth-order valence-electron chi connectivity index (χ4n) is 1.23. The van der Waals surface area contributed by atoms with Crippen LogP contribution in [0.2, 0.25) is 4.34 Å². The maximum atomic E-state index is 10.6. The molecule has 2 N–H and O–H groups in total. The highest BCUT2D eigenvalue weighted by Crippen LogP contribution is 2.22. The van der Waals surface area contributed by atoms with E-state index in [9.17, 15) is 4.79 Å². The number of hydrogen-bond donors (Lipinski definition) is 2. The molecule has 2 rings (SSSR count). The summed E-state index contributed by atoms with van der Waals surface area (Å²) < 4.78 is 0.780. The Balaban J connectivity index is 1.83. The van der Waals surface area contributed by atoms with E-state index in [1.54, 1.807) is 11.3 Å². The number of nitrogens with one attached hydrogen (secondary N) is 1. The topological polar surface area (TPSA) is 62.2 Å². The van der Waals surface area contributed by atoms with Crippen LogP contribution in [-0.4, -0.2) is 22.6 Å². The minimum absolute atomic E-state index is 0.0802. The SMILES string of the molecule is O=C(O)c1csc(NCCc2ccc(Cl)s2)n1. The summed E-state index contributed by atoms with van der Waals surface area (Å²) in [4.78, 5) is 15.7. The molecule has 90 valence electrons. The summed E-state index contributed by atoms with van der Waals surface area (Å²) in [6.45, 7) is 0.712. The van der Waals surface area contributed by atoms with Gasteiger partial charge in [0.2, 0.25) is 0 Å². The first-order valence-corrected chi connectivity index (χ1v) is 6.89. The molecule has 2 aromatic rings. The number of carboxylic acids is 1. The molecular formula is C10H9ClN2O2S2. The van der Waals surface area contributed by atoms with Crippen LogP contribution in [-0.2, 0) is 6.42 Å². The third kappa shape index (κ3) is 3.42. The van der Waals surface area contributed by atoms with Gasteiger partial charge in [-0.15, -0.1) is 22.7 Å². The molecule has 0 atom stereocenters. The average Bonchev–Trinajstić information content (AvgIpc) is 2.88. The zero-order valence-electron chi connectivity index (χ0n) is 8.64. The van der Waals surface area contributed by atoms with Crippen molar-refractivity contribution >= 4 is 45.4 Å². The Morgan fingerprint density at radius 1 is 1.53 bits per heavy atom. The van der Waals surface area contributed by atoms with Gasteiger partial charge in [-0.25, -0.2) is 9.78 Å². The van der Waals surface area contributed by atoms with Crippen LogP contribution in [0.25, 0.3) is 0 Å². The first kappa shape index (κ1) is 12.3. The molecule has 0 spiro atoms. The maximum Gasteiger partial charge on any atom is 0.355 e. The van der Waals surface area contributed by atoms with Gasteiger partial charge in [-0.1, -0.05) is 11.6 Å². The first-order valence-electron chi connectivity index (χ1n) is 4.82. The van der Waals surface area contributed by atoms with E-state index in [2.05, 4.69) is 10.3 Å². The molecule has 2 aromatic heterocycles. The van der Waals surface area contributed by atoms with Crippen LogP contribution in [0.5, 0.6) is 0 Å². The van der Waals surface area contributed by atoms with Crippen molar-refractivity contribution in [1.29, 1.82) is 0 Å². The highest BCUT2D eigenvalue weighted by molar-refractivity contribution is 7.16. The summed E-state index contributed by atoms with van der Waals surface area (Å²) in [5.41, 5.74) is 0.0802. The van der Waals surface area contributed by atoms with Crippen molar-refractivity contribution in [3.05, 3.63) is 32.4 Å². The molecule has 0 saturated heterocycles. The Morgan fingerprint density at radius 3 is 2.94 bits per heavy atom. The number of hydrogen-bond acceptors (Lipinski definition) is 5. The lowest BCUT2D eigenvalue weighted by Gasteiger charge is -1.99. The number of thiophene rings is 1. The summed E-state index contributed by atoms with van der Waals surface area (Å²) in [5, 5.41) is 13.9. The Kier molecular flexibility index (Phi) is 3.98. The average molecular weight is 289 g/mol. The summed E-state index contributed by atoms with van der Waals surface area (Å²) in [6.07, 6.45) is 0.847. The van der Waals surface area contributed by atoms with E-state index in [0.717, 1.165) is 10.8 Å². The molecule has 17 heavy (non-hydrogen) atoms. The van der Waals surface area contributed by atoms with Crippen LogP contribution in [0.1, 0.15) is 15.4 Å². The Labute approximate surface area is 111 Å². The smallest absolute Gasteiger partial charge is 0.355 e. The second-order valence-corrected chi connectivity index (χ2v) is 5.88. The molecule has 0 radical (unpaired) electrons. The number of nitrogens with zero attached hydrogens (tertiary/aromatic N) is 1. The van der Waals surface area contributed by atoms with E-state index in [1.165, 1.54) is 21.6 Å². The number of aromatic nitrogens is 1. The summed E-state index contributed by atoms with van der Waals surface area (Å²) in [5.74, 6) is -1.00. The second kappa shape index (κ2) is 5.48. The third-order valence-electron chi connectivity index (χ3n) is 2.00. The molecule has 2 heterocycles. The van der Waals surface area contributed by atoms with Crippen LogP contribution in [0, 0.1) is 0 Å². The fourth-order valence-corrected chi connectivity index (χ4v) is 3.03. The molecule has 0 saturated carbocycles. The van der Waals surface area contributed by atoms with E-state index in [-0.39, 0.29) is 5.69 Å². The van der Waals surface area contributed by atoms with Crippen molar-refractivity contribution in [2.75, 3.05) is 11.9 Å². The number of carbonyl (C=O) groups is 1. The van der Waals surface area contributed by atoms with Crippen molar-refractivity contribution in [1.82, 2.24) is 4.98 Å². The Morgan fingerprint density at radius 2 is 2.35 bits per heavy atom. The molecule has 0 fully saturated rings. The van der Waals surface area contributed by atoms with Crippen molar-refractivity contribution in [2.45, 2.75) is 6.42 Å². The van der Waals surface area contributed by atoms with Crippen molar-refractivity contribution in [3.8, 4) is 0 Å². The Hall–Kier alpha value is -1.11. The number of halogens is 1. The van der Waals surface area contributed by atoms with E-state index in [4.69, 9.17) is 16.7 Å². The van der Waals surface area contributed by atoms with Crippen molar-refractivity contribution < 1.29 is 9.90 Å². The van der Waals surface area contributed by atoms with Gasteiger partial charge in [-0.2, -0.15) is 0 Å². The van der Waals surface area contributed by atoms with Gasteiger partial charge in [0.25, 0.3) is 0 Å². The Bertz CT molecular complexity index is 524. The summed E-state index contributed by atoms with van der Waals surface area (Å²) in [6, 6.07) is 3.85. The molecule has 0 aliphatic carbocycles. The molecule has 4 nitrogen and oxygen atoms in total. The lowest BCUT2D eigenvalue weighted by Crippen LogP contribution is -2.04. The second-order valence-electron chi connectivity index (χ2n) is 3.23. The summed E-state index contributed by atoms with van der Waals surface area (Å²) in [7, 11) is 0. The van der Waals surface area contributed by atoms with Crippen LogP contribution in [0.3, 0.4) is 0 Å². The largest absolute Gasteiger partial charge is 0.476 e. The van der Waals surface area contributed by atoms with Gasteiger partial charge in [-0.3, -0.25) is 0 Å². The van der Waals surface area contributed by atoms with Gasteiger partial charge in [0.1, 0.15) is 0 Å². The number of carboxylic acid groups (broad SMARTS) is 1. The number of thiazole rings is 1. The molecule has 0 aliphatic heterocycles. The van der Waals surface area contributed by atoms with Crippen molar-refractivity contribution in [2.24, 2.45) is 0 Å². The predicted molar refractivity (Wildman–Crippen MR) is 70.6 cm³/mol. The van der Waals surface area contributed by atoms with E-state index < -0.39 is 5.97 Å². The molecule has 0 bridgehead atoms. The number of aromatic carboxylic acids is 1. The molecule has 7 heteroatoms. The van der Waals surface area contributed by atoms with Gasteiger partial charge in [0.15, 0.2) is 10.8 Å². The van der Waals surface area contributed by atoms with Crippen LogP contribution in [0.15, 0.2) is 17.5 Å². The van der Waals surface area contributed by atoms with Gasteiger partial charge >= 0.3 is 5.97 Å². The maximum absolute atomic E-state index is 10.6. The standard InChI is InChI=1S/C10H9ClN2O2S2/c11-8-2-1-6(17-8)3-4-12-10-13-7(5-16-10)9(14)15/h1-2,5H,3-4H2,(H,12,13)(H,14,15). The molecule has 0 amide bonds. The van der Waals surface area contributed by atoms with E-state index >= 15 is 0 Å². The van der Waals surface area contributed by atoms with Gasteiger partial charge in [0, 0.05) is 16.8 Å². The molecular weight excluding hydrogens is 280 g/mol. The monoisotopic (exact) mass is 288 g/mol. The van der Waals surface area contributed by atoms with Crippen LogP contribution < -0.4 is 5.32 Å². The highest BCUT2D eigenvalue weighted by Gasteiger charge is 2.07. The third-order valence-corrected chi connectivity index (χ3v) is 4.09. The lowest BCUT2D eigenvalue weighted by atomic mass is 10.3. The zero-order chi connectivity index (χ0) is 12.3. The summed E-state index contributed by atoms with van der Waals surface area (Å²) >= 11 is 8.66. The van der Waals surface area contributed by atoms with E-state index in [0.29, 0.717) is 11.7 Å². The molecule has 0 unspecified atom stereocenters. The van der Waals surface area contributed by atoms with Crippen LogP contribution >= 0.6 is 34.3 Å². The first-order chi connectivity index (χ1) is 8.15. The quantitative estimate of drug-likeness (QED) is 0.887. The predicted octanol–water partition coefficient (Wildman–Crippen LogP) is 3.21. The fraction of sp³-hybridized carbons (Fsp3) is 0.200. The van der Waals surface area contributed by atoms with E-state index in [1.807, 2.05) is 12.1 Å². The van der Waals surface area contributed by atoms with Gasteiger partial charge in [-0.05, 0) is 18.6 Å². The number of anilines is 1. The highest BCUT2D eigenvalue weighted by atomic mass is 35.5. The number of rotatable bonds is 5. The van der Waals surface area contributed by atoms with Gasteiger partial charge < -0.3 is 10.4 Å². The minimum atomic E-state index is -1.00. The van der Waals surface area contributed by atoms with Crippen molar-refractivity contribution in [3.63, 3.8) is 0 Å². The lowest BCUT2D eigenvalue weighted by molar-refractivity contribution is 0.0691. The molecule has 0 aromatic carbocycles. The minimum Gasteiger partial charge on any atom is -0.476 e. The van der Waals surface area contributed by atoms with Crippen LogP contribution in [0.4, 0.5) is 5.13 Å². The normalized spacial score (nSPS) is 10.4.